The number of rotatable bonds is 6. The van der Waals surface area contributed by atoms with Crippen molar-refractivity contribution in [3.05, 3.63) is 65.2 Å². The third-order valence-corrected chi connectivity index (χ3v) is 5.67. The summed E-state index contributed by atoms with van der Waals surface area (Å²) in [6.45, 7) is 0.266. The summed E-state index contributed by atoms with van der Waals surface area (Å²) in [6, 6.07) is 12.9. The van der Waals surface area contributed by atoms with Crippen molar-refractivity contribution < 1.29 is 13.5 Å². The predicted octanol–water partition coefficient (Wildman–Crippen LogP) is 4.68. The van der Waals surface area contributed by atoms with Crippen molar-refractivity contribution in [2.45, 2.75) is 62.8 Å². The van der Waals surface area contributed by atoms with Gasteiger partial charge >= 0.3 is 0 Å². The molecule has 0 aromatic heterocycles. The average Bonchev–Trinajstić information content (AvgIpc) is 3.42. The molecule has 0 saturated heterocycles. The van der Waals surface area contributed by atoms with Gasteiger partial charge in [-0.2, -0.15) is 0 Å². The Bertz CT molecular complexity index is 782. The third-order valence-electron chi connectivity index (χ3n) is 5.67. The molecule has 0 spiro atoms. The van der Waals surface area contributed by atoms with Crippen LogP contribution in [-0.4, -0.2) is 18.1 Å². The van der Waals surface area contributed by atoms with Crippen LogP contribution in [0.4, 0.5) is 8.78 Å². The van der Waals surface area contributed by atoms with Gasteiger partial charge < -0.3 is 15.8 Å². The van der Waals surface area contributed by atoms with Crippen LogP contribution in [0.5, 0.6) is 5.75 Å². The first-order valence-corrected chi connectivity index (χ1v) is 9.77. The molecule has 6 heteroatoms. The van der Waals surface area contributed by atoms with Gasteiger partial charge in [0.15, 0.2) is 11.6 Å². The lowest BCUT2D eigenvalue weighted by Gasteiger charge is -2.27. The molecular formula is C22H27ClF2N2O. The van der Waals surface area contributed by atoms with E-state index in [-0.39, 0.29) is 36.7 Å². The van der Waals surface area contributed by atoms with E-state index in [0.29, 0.717) is 17.6 Å². The van der Waals surface area contributed by atoms with E-state index in [2.05, 4.69) is 5.32 Å². The molecule has 2 aromatic carbocycles. The largest absolute Gasteiger partial charge is 0.486 e. The molecule has 0 aliphatic heterocycles. The van der Waals surface area contributed by atoms with Gasteiger partial charge in [0.25, 0.3) is 0 Å². The third kappa shape index (κ3) is 5.02. The summed E-state index contributed by atoms with van der Waals surface area (Å²) >= 11 is 0. The van der Waals surface area contributed by atoms with Crippen LogP contribution in [0.15, 0.2) is 42.5 Å². The van der Waals surface area contributed by atoms with Gasteiger partial charge in [0.2, 0.25) is 0 Å². The predicted molar refractivity (Wildman–Crippen MR) is 109 cm³/mol. The summed E-state index contributed by atoms with van der Waals surface area (Å²) in [5.41, 5.74) is 7.56. The Kier molecular flexibility index (Phi) is 6.91. The van der Waals surface area contributed by atoms with Gasteiger partial charge in [0.1, 0.15) is 12.4 Å². The maximum Gasteiger partial charge on any atom is 0.168 e. The lowest BCUT2D eigenvalue weighted by atomic mass is 9.92. The second-order valence-corrected chi connectivity index (χ2v) is 7.81. The summed E-state index contributed by atoms with van der Waals surface area (Å²) in [4.78, 5) is 0. The van der Waals surface area contributed by atoms with Crippen molar-refractivity contribution in [2.75, 3.05) is 0 Å². The van der Waals surface area contributed by atoms with Crippen molar-refractivity contribution in [3.8, 4) is 5.75 Å². The number of nitrogens with two attached hydrogens (primary N) is 1. The molecule has 0 heterocycles. The molecule has 2 aliphatic rings. The van der Waals surface area contributed by atoms with E-state index in [1.54, 1.807) is 0 Å². The number of halogens is 3. The van der Waals surface area contributed by atoms with Crippen LogP contribution in [0.25, 0.3) is 0 Å². The van der Waals surface area contributed by atoms with Crippen LogP contribution in [0.2, 0.25) is 0 Å². The van der Waals surface area contributed by atoms with E-state index in [0.717, 1.165) is 43.7 Å². The second-order valence-electron chi connectivity index (χ2n) is 7.81. The fourth-order valence-corrected chi connectivity index (χ4v) is 4.05. The van der Waals surface area contributed by atoms with E-state index < -0.39 is 11.6 Å². The molecule has 3 N–H and O–H groups in total. The van der Waals surface area contributed by atoms with Crippen LogP contribution in [0, 0.1) is 11.6 Å². The van der Waals surface area contributed by atoms with Crippen molar-refractivity contribution >= 4 is 12.4 Å². The highest BCUT2D eigenvalue weighted by atomic mass is 35.5. The highest BCUT2D eigenvalue weighted by Gasteiger charge is 2.42. The topological polar surface area (TPSA) is 47.3 Å². The van der Waals surface area contributed by atoms with Gasteiger partial charge in [-0.3, -0.25) is 0 Å². The summed E-state index contributed by atoms with van der Waals surface area (Å²) in [5, 5.41) is 3.65. The molecule has 152 valence electrons. The molecule has 2 aromatic rings. The Morgan fingerprint density at radius 3 is 2.46 bits per heavy atom. The van der Waals surface area contributed by atoms with Crippen LogP contribution in [0.3, 0.4) is 0 Å². The number of hydrogen-bond donors (Lipinski definition) is 2. The number of hydrogen-bond acceptors (Lipinski definition) is 3. The van der Waals surface area contributed by atoms with Gasteiger partial charge in [-0.1, -0.05) is 30.3 Å². The highest BCUT2D eigenvalue weighted by Crippen LogP contribution is 2.46. The molecule has 3 nitrogen and oxygen atoms in total. The molecule has 0 amide bonds. The minimum atomic E-state index is -0.629. The van der Waals surface area contributed by atoms with E-state index >= 15 is 0 Å². The van der Waals surface area contributed by atoms with Crippen LogP contribution < -0.4 is 15.8 Å². The average molecular weight is 409 g/mol. The summed E-state index contributed by atoms with van der Waals surface area (Å²) in [7, 11) is 0. The van der Waals surface area contributed by atoms with E-state index in [1.807, 2.05) is 30.3 Å². The van der Waals surface area contributed by atoms with Crippen LogP contribution in [-0.2, 0) is 6.61 Å². The fraction of sp³-hybridized carbons (Fsp3) is 0.455. The first-order chi connectivity index (χ1) is 13.1. The van der Waals surface area contributed by atoms with Crippen LogP contribution in [0.1, 0.15) is 49.1 Å². The number of ether oxygens (including phenoxy) is 1. The molecule has 2 aliphatic carbocycles. The van der Waals surface area contributed by atoms with E-state index in [9.17, 15) is 8.78 Å². The molecule has 28 heavy (non-hydrogen) atoms. The quantitative estimate of drug-likeness (QED) is 0.729. The highest BCUT2D eigenvalue weighted by molar-refractivity contribution is 5.85. The Labute approximate surface area is 171 Å². The zero-order chi connectivity index (χ0) is 18.8. The minimum Gasteiger partial charge on any atom is -0.486 e. The maximum atomic E-state index is 14.4. The number of nitrogens with one attached hydrogen (secondary N) is 1. The van der Waals surface area contributed by atoms with E-state index in [4.69, 9.17) is 10.5 Å². The summed E-state index contributed by atoms with van der Waals surface area (Å²) in [6.07, 6.45) is 5.09. The Hall–Kier alpha value is -1.69. The Balaban J connectivity index is 0.00000225. The Morgan fingerprint density at radius 2 is 1.75 bits per heavy atom. The summed E-state index contributed by atoms with van der Waals surface area (Å²) in [5.74, 6) is -0.907. The molecule has 2 unspecified atom stereocenters. The van der Waals surface area contributed by atoms with Crippen molar-refractivity contribution in [3.63, 3.8) is 0 Å². The van der Waals surface area contributed by atoms with Gasteiger partial charge in [0.05, 0.1) is 0 Å². The molecule has 4 rings (SSSR count). The standard InChI is InChI=1S/C22H26F2N2O.ClH/c23-15-10-19(18-12-21(18)26-17-8-6-16(25)7-9-17)22(20(24)11-15)27-13-14-4-2-1-3-5-14;/h1-5,10-11,16-18,21,26H,6-9,12-13,25H2;1H. The molecule has 2 saturated carbocycles. The minimum absolute atomic E-state index is 0. The first-order valence-electron chi connectivity index (χ1n) is 9.77. The van der Waals surface area contributed by atoms with Crippen molar-refractivity contribution in [1.82, 2.24) is 5.32 Å². The number of benzene rings is 2. The smallest absolute Gasteiger partial charge is 0.168 e. The zero-order valence-corrected chi connectivity index (χ0v) is 16.6. The lowest BCUT2D eigenvalue weighted by Crippen LogP contribution is -2.38. The monoisotopic (exact) mass is 408 g/mol. The SMILES string of the molecule is Cl.NC1CCC(NC2CC2c2cc(F)cc(F)c2OCc2ccccc2)CC1. The Morgan fingerprint density at radius 1 is 1.04 bits per heavy atom. The van der Waals surface area contributed by atoms with E-state index in [1.165, 1.54) is 6.07 Å². The van der Waals surface area contributed by atoms with Crippen LogP contribution >= 0.6 is 12.4 Å². The van der Waals surface area contributed by atoms with Crippen molar-refractivity contribution in [1.29, 1.82) is 0 Å². The summed E-state index contributed by atoms with van der Waals surface area (Å²) < 4.78 is 34.1. The lowest BCUT2D eigenvalue weighted by molar-refractivity contribution is 0.285. The molecule has 2 fully saturated rings. The molecule has 0 bridgehead atoms. The van der Waals surface area contributed by atoms with Crippen molar-refractivity contribution in [2.24, 2.45) is 5.73 Å². The molecular weight excluding hydrogens is 382 g/mol. The maximum absolute atomic E-state index is 14.4. The normalized spacial score (nSPS) is 26.4. The van der Waals surface area contributed by atoms with Gasteiger partial charge in [-0.25, -0.2) is 8.78 Å². The zero-order valence-electron chi connectivity index (χ0n) is 15.7. The molecule has 2 atom stereocenters. The van der Waals surface area contributed by atoms with Gasteiger partial charge in [0, 0.05) is 35.7 Å². The fourth-order valence-electron chi connectivity index (χ4n) is 4.05. The van der Waals surface area contributed by atoms with Gasteiger partial charge in [-0.05, 0) is 43.7 Å². The molecule has 0 radical (unpaired) electrons. The first kappa shape index (κ1) is 21.0. The second kappa shape index (κ2) is 9.21. The van der Waals surface area contributed by atoms with Gasteiger partial charge in [-0.15, -0.1) is 12.4 Å².